The highest BCUT2D eigenvalue weighted by atomic mass is 16.4. The summed E-state index contributed by atoms with van der Waals surface area (Å²) in [5.41, 5.74) is -0.765. The number of phenols is 1. The number of benzene rings is 1. The number of phenolic OH excluding ortho intramolecular Hbond substituents is 1. The minimum atomic E-state index is -0.853. The second kappa shape index (κ2) is 2.52. The summed E-state index contributed by atoms with van der Waals surface area (Å²) >= 11 is 0. The van der Waals surface area contributed by atoms with Crippen LogP contribution in [0, 0.1) is 0 Å². The Morgan fingerprint density at radius 2 is 1.92 bits per heavy atom. The summed E-state index contributed by atoms with van der Waals surface area (Å²) in [6.07, 6.45) is 0. The molecule has 4 heteroatoms. The molecule has 0 atom stereocenters. The number of hydrogen-bond donors (Lipinski definition) is 2. The molecular weight excluding hydrogens is 172 g/mol. The number of aromatic hydroxyl groups is 2. The van der Waals surface area contributed by atoms with E-state index in [1.165, 1.54) is 12.1 Å². The molecule has 0 saturated heterocycles. The van der Waals surface area contributed by atoms with E-state index in [9.17, 15) is 9.90 Å². The molecule has 0 aliphatic carbocycles. The zero-order chi connectivity index (χ0) is 9.42. The van der Waals surface area contributed by atoms with Crippen LogP contribution in [0.3, 0.4) is 0 Å². The van der Waals surface area contributed by atoms with Gasteiger partial charge in [-0.2, -0.15) is 0 Å². The number of hydrogen-bond acceptors (Lipinski definition) is 4. The van der Waals surface area contributed by atoms with Crippen LogP contribution < -0.4 is 5.63 Å². The molecule has 1 heterocycles. The molecule has 0 spiro atoms. The smallest absolute Gasteiger partial charge is 0.378 e. The van der Waals surface area contributed by atoms with Gasteiger partial charge in [-0.05, 0) is 12.1 Å². The molecule has 4 nitrogen and oxygen atoms in total. The van der Waals surface area contributed by atoms with Crippen molar-refractivity contribution in [3.8, 4) is 11.5 Å². The lowest BCUT2D eigenvalue weighted by molar-refractivity contribution is 0.417. The zero-order valence-corrected chi connectivity index (χ0v) is 6.52. The summed E-state index contributed by atoms with van der Waals surface area (Å²) in [6, 6.07) is 5.87. The number of para-hydroxylation sites is 1. The molecule has 0 bridgehead atoms. The standard InChI is InChI=1S/C9H6O4/c10-6-3-1-2-5-4-7(11)9(12)13-8(5)6/h1-4,10-11H. The Hall–Kier alpha value is -1.97. The van der Waals surface area contributed by atoms with E-state index in [0.29, 0.717) is 5.39 Å². The zero-order valence-electron chi connectivity index (χ0n) is 6.52. The average Bonchev–Trinajstić information content (AvgIpc) is 2.09. The van der Waals surface area contributed by atoms with Crippen LogP contribution in [0.4, 0.5) is 0 Å². The summed E-state index contributed by atoms with van der Waals surface area (Å²) in [4.78, 5) is 10.9. The Balaban J connectivity index is 2.97. The Labute approximate surface area is 72.7 Å². The molecule has 0 radical (unpaired) electrons. The fourth-order valence-corrected chi connectivity index (χ4v) is 1.12. The van der Waals surface area contributed by atoms with Crippen molar-refractivity contribution in [2.24, 2.45) is 0 Å². The summed E-state index contributed by atoms with van der Waals surface area (Å²) < 4.78 is 4.67. The third-order valence-electron chi connectivity index (χ3n) is 1.72. The third kappa shape index (κ3) is 1.12. The molecule has 2 N–H and O–H groups in total. The number of rotatable bonds is 0. The molecule has 1 aromatic carbocycles. The maximum atomic E-state index is 10.9. The second-order valence-electron chi connectivity index (χ2n) is 2.61. The van der Waals surface area contributed by atoms with Gasteiger partial charge in [0.2, 0.25) is 5.75 Å². The lowest BCUT2D eigenvalue weighted by Gasteiger charge is -1.98. The lowest BCUT2D eigenvalue weighted by atomic mass is 10.2. The molecule has 13 heavy (non-hydrogen) atoms. The van der Waals surface area contributed by atoms with Crippen LogP contribution in [0.25, 0.3) is 11.0 Å². The maximum absolute atomic E-state index is 10.9. The Morgan fingerprint density at radius 3 is 2.69 bits per heavy atom. The topological polar surface area (TPSA) is 70.7 Å². The van der Waals surface area contributed by atoms with Gasteiger partial charge in [-0.15, -0.1) is 0 Å². The lowest BCUT2D eigenvalue weighted by Crippen LogP contribution is -1.96. The van der Waals surface area contributed by atoms with Crippen LogP contribution in [0.5, 0.6) is 11.5 Å². The van der Waals surface area contributed by atoms with Crippen LogP contribution in [-0.2, 0) is 0 Å². The molecule has 0 aliphatic rings. The second-order valence-corrected chi connectivity index (χ2v) is 2.61. The first-order chi connectivity index (χ1) is 6.18. The van der Waals surface area contributed by atoms with Crippen molar-refractivity contribution in [2.75, 3.05) is 0 Å². The highest BCUT2D eigenvalue weighted by Gasteiger charge is 2.05. The van der Waals surface area contributed by atoms with Crippen molar-refractivity contribution in [3.63, 3.8) is 0 Å². The van der Waals surface area contributed by atoms with E-state index in [0.717, 1.165) is 0 Å². The molecule has 0 unspecified atom stereocenters. The first-order valence-electron chi connectivity index (χ1n) is 3.63. The Kier molecular flexibility index (Phi) is 1.48. The van der Waals surface area contributed by atoms with Crippen molar-refractivity contribution < 1.29 is 14.6 Å². The fraction of sp³-hybridized carbons (Fsp3) is 0. The van der Waals surface area contributed by atoms with Gasteiger partial charge >= 0.3 is 5.63 Å². The van der Waals surface area contributed by atoms with Gasteiger partial charge < -0.3 is 14.6 Å². The van der Waals surface area contributed by atoms with Crippen LogP contribution in [0.15, 0.2) is 33.5 Å². The Morgan fingerprint density at radius 1 is 1.15 bits per heavy atom. The van der Waals surface area contributed by atoms with Gasteiger partial charge in [0.15, 0.2) is 11.3 Å². The van der Waals surface area contributed by atoms with Crippen LogP contribution in [0.2, 0.25) is 0 Å². The summed E-state index contributed by atoms with van der Waals surface area (Å²) in [7, 11) is 0. The average molecular weight is 178 g/mol. The molecule has 0 aliphatic heterocycles. The maximum Gasteiger partial charge on any atom is 0.378 e. The highest BCUT2D eigenvalue weighted by molar-refractivity contribution is 5.82. The quantitative estimate of drug-likeness (QED) is 0.594. The van der Waals surface area contributed by atoms with E-state index in [-0.39, 0.29) is 11.3 Å². The predicted molar refractivity (Wildman–Crippen MR) is 45.8 cm³/mol. The SMILES string of the molecule is O=c1oc2c(O)cccc2cc1O. The first-order valence-corrected chi connectivity index (χ1v) is 3.63. The predicted octanol–water partition coefficient (Wildman–Crippen LogP) is 1.20. The summed E-state index contributed by atoms with van der Waals surface area (Å²) in [5.74, 6) is -0.576. The van der Waals surface area contributed by atoms with E-state index < -0.39 is 11.4 Å². The van der Waals surface area contributed by atoms with E-state index in [4.69, 9.17) is 5.11 Å². The molecule has 0 fully saturated rings. The van der Waals surface area contributed by atoms with Crippen molar-refractivity contribution >= 4 is 11.0 Å². The monoisotopic (exact) mass is 178 g/mol. The van der Waals surface area contributed by atoms with E-state index in [2.05, 4.69) is 4.42 Å². The van der Waals surface area contributed by atoms with Crippen molar-refractivity contribution in [3.05, 3.63) is 34.7 Å². The molecule has 66 valence electrons. The molecule has 0 saturated carbocycles. The molecular formula is C9H6O4. The van der Waals surface area contributed by atoms with Gasteiger partial charge in [0.1, 0.15) is 0 Å². The van der Waals surface area contributed by atoms with Gasteiger partial charge in [-0.1, -0.05) is 12.1 Å². The largest absolute Gasteiger partial charge is 0.504 e. The minimum Gasteiger partial charge on any atom is -0.504 e. The first kappa shape index (κ1) is 7.67. The normalized spacial score (nSPS) is 10.5. The van der Waals surface area contributed by atoms with Gasteiger partial charge in [0.25, 0.3) is 0 Å². The molecule has 1 aromatic heterocycles. The van der Waals surface area contributed by atoms with Gasteiger partial charge in [-0.25, -0.2) is 4.79 Å². The van der Waals surface area contributed by atoms with Crippen LogP contribution in [-0.4, -0.2) is 10.2 Å². The van der Waals surface area contributed by atoms with Crippen molar-refractivity contribution in [2.45, 2.75) is 0 Å². The van der Waals surface area contributed by atoms with Crippen molar-refractivity contribution in [1.82, 2.24) is 0 Å². The van der Waals surface area contributed by atoms with Crippen LogP contribution in [0.1, 0.15) is 0 Å². The molecule has 2 rings (SSSR count). The van der Waals surface area contributed by atoms with E-state index >= 15 is 0 Å². The molecule has 2 aromatic rings. The summed E-state index contributed by atoms with van der Waals surface area (Å²) in [6.45, 7) is 0. The minimum absolute atomic E-state index is 0.0882. The highest BCUT2D eigenvalue weighted by Crippen LogP contribution is 2.24. The Bertz CT molecular complexity index is 512. The third-order valence-corrected chi connectivity index (χ3v) is 1.72. The van der Waals surface area contributed by atoms with Crippen molar-refractivity contribution in [1.29, 1.82) is 0 Å². The fourth-order valence-electron chi connectivity index (χ4n) is 1.12. The van der Waals surface area contributed by atoms with Gasteiger partial charge in [0, 0.05) is 5.39 Å². The molecule has 0 amide bonds. The van der Waals surface area contributed by atoms with E-state index in [1.54, 1.807) is 12.1 Å². The van der Waals surface area contributed by atoms with Gasteiger partial charge in [0.05, 0.1) is 0 Å². The number of fused-ring (bicyclic) bond motifs is 1. The van der Waals surface area contributed by atoms with Crippen LogP contribution >= 0.6 is 0 Å². The summed E-state index contributed by atoms with van der Waals surface area (Å²) in [5, 5.41) is 18.8. The van der Waals surface area contributed by atoms with Gasteiger partial charge in [-0.3, -0.25) is 0 Å². The van der Waals surface area contributed by atoms with E-state index in [1.807, 2.05) is 0 Å².